The highest BCUT2D eigenvalue weighted by atomic mass is 16.8. The van der Waals surface area contributed by atoms with Crippen molar-refractivity contribution >= 4 is 17.8 Å². The quantitative estimate of drug-likeness (QED) is 0.599. The number of hydrogen-bond acceptors (Lipinski definition) is 6. The van der Waals surface area contributed by atoms with Gasteiger partial charge in [-0.1, -0.05) is 12.1 Å². The van der Waals surface area contributed by atoms with Crippen molar-refractivity contribution in [2.75, 3.05) is 13.7 Å². The van der Waals surface area contributed by atoms with E-state index >= 15 is 0 Å². The van der Waals surface area contributed by atoms with Crippen LogP contribution in [0, 0.1) is 5.92 Å². The third-order valence-electron chi connectivity index (χ3n) is 5.24. The number of hydrogen-bond donors (Lipinski definition) is 0. The number of esters is 1. The number of ether oxygens (including phenoxy) is 3. The smallest absolute Gasteiger partial charge is 0.308 e. The molecule has 1 aromatic rings. The number of rotatable bonds is 2. The van der Waals surface area contributed by atoms with Crippen molar-refractivity contribution in [2.24, 2.45) is 5.92 Å². The van der Waals surface area contributed by atoms with Gasteiger partial charge in [0.25, 0.3) is 11.8 Å². The average Bonchev–Trinajstić information content (AvgIpc) is 3.15. The maximum atomic E-state index is 12.6. The van der Waals surface area contributed by atoms with Crippen LogP contribution in [0.25, 0.3) is 0 Å². The van der Waals surface area contributed by atoms with Crippen LogP contribution in [-0.4, -0.2) is 48.4 Å². The Morgan fingerprint density at radius 3 is 2.32 bits per heavy atom. The first kappa shape index (κ1) is 16.2. The van der Waals surface area contributed by atoms with Gasteiger partial charge < -0.3 is 14.2 Å². The Labute approximate surface area is 144 Å². The Bertz CT molecular complexity index is 702. The van der Waals surface area contributed by atoms with Crippen molar-refractivity contribution in [3.05, 3.63) is 35.4 Å². The Morgan fingerprint density at radius 2 is 1.76 bits per heavy atom. The zero-order valence-electron chi connectivity index (χ0n) is 13.9. The molecule has 4 rings (SSSR count). The predicted molar refractivity (Wildman–Crippen MR) is 84.5 cm³/mol. The number of amides is 2. The SMILES string of the molecule is COC(=O)C1CCC2(CC1)OCC(N1C(=O)c3ccccc3C1=O)O2. The Balaban J connectivity index is 1.47. The second kappa shape index (κ2) is 5.93. The lowest BCUT2D eigenvalue weighted by Gasteiger charge is -2.35. The summed E-state index contributed by atoms with van der Waals surface area (Å²) in [5, 5.41) is 0. The molecule has 1 aromatic carbocycles. The van der Waals surface area contributed by atoms with Crippen LogP contribution in [0.2, 0.25) is 0 Å². The summed E-state index contributed by atoms with van der Waals surface area (Å²) in [7, 11) is 1.38. The molecule has 0 aromatic heterocycles. The van der Waals surface area contributed by atoms with Crippen LogP contribution in [-0.2, 0) is 19.0 Å². The van der Waals surface area contributed by atoms with Gasteiger partial charge in [-0.2, -0.15) is 0 Å². The van der Waals surface area contributed by atoms with Crippen molar-refractivity contribution in [3.63, 3.8) is 0 Å². The summed E-state index contributed by atoms with van der Waals surface area (Å²) in [6.07, 6.45) is 1.53. The van der Waals surface area contributed by atoms with Gasteiger partial charge in [0.2, 0.25) is 0 Å². The van der Waals surface area contributed by atoms with Gasteiger partial charge >= 0.3 is 5.97 Å². The van der Waals surface area contributed by atoms with E-state index in [1.807, 2.05) is 0 Å². The fraction of sp³-hybridized carbons (Fsp3) is 0.500. The highest BCUT2D eigenvalue weighted by Crippen LogP contribution is 2.42. The normalized spacial score (nSPS) is 31.5. The van der Waals surface area contributed by atoms with E-state index in [0.29, 0.717) is 36.8 Å². The summed E-state index contributed by atoms with van der Waals surface area (Å²) in [4.78, 5) is 37.9. The fourth-order valence-electron chi connectivity index (χ4n) is 3.86. The Morgan fingerprint density at radius 1 is 1.16 bits per heavy atom. The van der Waals surface area contributed by atoms with Crippen molar-refractivity contribution < 1.29 is 28.6 Å². The van der Waals surface area contributed by atoms with E-state index in [0.717, 1.165) is 4.90 Å². The largest absolute Gasteiger partial charge is 0.469 e. The van der Waals surface area contributed by atoms with Gasteiger partial charge in [0.1, 0.15) is 0 Å². The number of methoxy groups -OCH3 is 1. The number of nitrogens with zero attached hydrogens (tertiary/aromatic N) is 1. The molecule has 2 amide bonds. The van der Waals surface area contributed by atoms with E-state index in [1.54, 1.807) is 24.3 Å². The van der Waals surface area contributed by atoms with E-state index in [1.165, 1.54) is 7.11 Å². The maximum absolute atomic E-state index is 12.6. The molecular formula is C18H19NO6. The summed E-state index contributed by atoms with van der Waals surface area (Å²) in [6, 6.07) is 6.75. The van der Waals surface area contributed by atoms with Crippen LogP contribution in [0.5, 0.6) is 0 Å². The molecule has 0 N–H and O–H groups in total. The van der Waals surface area contributed by atoms with Crippen molar-refractivity contribution in [2.45, 2.75) is 37.7 Å². The van der Waals surface area contributed by atoms with E-state index in [2.05, 4.69) is 0 Å². The van der Waals surface area contributed by atoms with Gasteiger partial charge in [-0.3, -0.25) is 14.4 Å². The standard InChI is InChI=1S/C18H19NO6/c1-23-17(22)11-6-8-18(9-7-11)24-10-14(25-18)19-15(20)12-4-2-3-5-13(12)16(19)21/h2-5,11,14H,6-10H2,1H3. The number of benzene rings is 1. The second-order valence-electron chi connectivity index (χ2n) is 6.62. The third-order valence-corrected chi connectivity index (χ3v) is 5.24. The lowest BCUT2D eigenvalue weighted by Crippen LogP contribution is -2.44. The zero-order valence-corrected chi connectivity index (χ0v) is 13.9. The fourth-order valence-corrected chi connectivity index (χ4v) is 3.86. The molecule has 1 spiro atoms. The van der Waals surface area contributed by atoms with E-state index < -0.39 is 12.0 Å². The highest BCUT2D eigenvalue weighted by Gasteiger charge is 2.51. The average molecular weight is 345 g/mol. The first-order chi connectivity index (χ1) is 12.0. The molecule has 1 saturated carbocycles. The van der Waals surface area contributed by atoms with Crippen LogP contribution in [0.3, 0.4) is 0 Å². The number of carbonyl (C=O) groups is 3. The van der Waals surface area contributed by atoms with E-state index in [-0.39, 0.29) is 30.3 Å². The van der Waals surface area contributed by atoms with E-state index in [9.17, 15) is 14.4 Å². The minimum Gasteiger partial charge on any atom is -0.469 e. The summed E-state index contributed by atoms with van der Waals surface area (Å²) < 4.78 is 16.6. The van der Waals surface area contributed by atoms with Gasteiger partial charge in [0.05, 0.1) is 30.8 Å². The van der Waals surface area contributed by atoms with Crippen LogP contribution in [0.1, 0.15) is 46.4 Å². The monoisotopic (exact) mass is 345 g/mol. The molecule has 3 aliphatic rings. The van der Waals surface area contributed by atoms with Crippen LogP contribution >= 0.6 is 0 Å². The summed E-state index contributed by atoms with van der Waals surface area (Å²) >= 11 is 0. The highest BCUT2D eigenvalue weighted by molar-refractivity contribution is 6.21. The van der Waals surface area contributed by atoms with Gasteiger partial charge in [-0.25, -0.2) is 4.90 Å². The van der Waals surface area contributed by atoms with Gasteiger partial charge in [0.15, 0.2) is 12.0 Å². The van der Waals surface area contributed by atoms with E-state index in [4.69, 9.17) is 14.2 Å². The number of imide groups is 1. The lowest BCUT2D eigenvalue weighted by molar-refractivity contribution is -0.202. The molecular weight excluding hydrogens is 326 g/mol. The number of fused-ring (bicyclic) bond motifs is 1. The molecule has 0 radical (unpaired) electrons. The molecule has 2 fully saturated rings. The predicted octanol–water partition coefficient (Wildman–Crippen LogP) is 1.72. The molecule has 1 unspecified atom stereocenters. The van der Waals surface area contributed by atoms with Crippen molar-refractivity contribution in [1.82, 2.24) is 4.90 Å². The summed E-state index contributed by atoms with van der Waals surface area (Å²) in [6.45, 7) is 0.147. The second-order valence-corrected chi connectivity index (χ2v) is 6.62. The maximum Gasteiger partial charge on any atom is 0.308 e. The summed E-state index contributed by atoms with van der Waals surface area (Å²) in [5.74, 6) is -1.90. The molecule has 132 valence electrons. The minimum absolute atomic E-state index is 0.147. The van der Waals surface area contributed by atoms with Crippen molar-refractivity contribution in [1.29, 1.82) is 0 Å². The molecule has 2 heterocycles. The molecule has 2 aliphatic heterocycles. The Kier molecular flexibility index (Phi) is 3.85. The van der Waals surface area contributed by atoms with Gasteiger partial charge in [-0.05, 0) is 25.0 Å². The number of carbonyl (C=O) groups excluding carboxylic acids is 3. The molecule has 1 aliphatic carbocycles. The van der Waals surface area contributed by atoms with Gasteiger partial charge in [0, 0.05) is 12.8 Å². The lowest BCUT2D eigenvalue weighted by atomic mass is 9.85. The third kappa shape index (κ3) is 2.54. The first-order valence-electron chi connectivity index (χ1n) is 8.41. The van der Waals surface area contributed by atoms with Crippen LogP contribution in [0.15, 0.2) is 24.3 Å². The molecule has 1 atom stereocenters. The zero-order chi connectivity index (χ0) is 17.6. The molecule has 25 heavy (non-hydrogen) atoms. The molecule has 7 nitrogen and oxygen atoms in total. The molecule has 1 saturated heterocycles. The summed E-state index contributed by atoms with van der Waals surface area (Å²) in [5.41, 5.74) is 0.790. The van der Waals surface area contributed by atoms with Crippen LogP contribution < -0.4 is 0 Å². The molecule has 0 bridgehead atoms. The topological polar surface area (TPSA) is 82.1 Å². The minimum atomic E-state index is -0.829. The first-order valence-corrected chi connectivity index (χ1v) is 8.41. The van der Waals surface area contributed by atoms with Gasteiger partial charge in [-0.15, -0.1) is 0 Å². The van der Waals surface area contributed by atoms with Crippen LogP contribution in [0.4, 0.5) is 0 Å². The Hall–Kier alpha value is -2.25. The molecule has 7 heteroatoms. The van der Waals surface area contributed by atoms with Crippen molar-refractivity contribution in [3.8, 4) is 0 Å².